The number of hydrogen-bond donors (Lipinski definition) is 0. The van der Waals surface area contributed by atoms with Crippen LogP contribution in [-0.2, 0) is 5.75 Å². The van der Waals surface area contributed by atoms with Crippen LogP contribution in [0, 0.1) is 6.92 Å². The summed E-state index contributed by atoms with van der Waals surface area (Å²) in [5, 5.41) is 1.14. The number of aromatic nitrogens is 3. The predicted octanol–water partition coefficient (Wildman–Crippen LogP) is 4.09. The molecular formula is C17H12ClN3O2S. The third-order valence-corrected chi connectivity index (χ3v) is 4.71. The molecule has 0 radical (unpaired) electrons. The van der Waals surface area contributed by atoms with Gasteiger partial charge in [0.05, 0.1) is 5.69 Å². The lowest BCUT2D eigenvalue weighted by molar-refractivity contribution is 0.489. The molecule has 120 valence electrons. The molecule has 0 atom stereocenters. The summed E-state index contributed by atoms with van der Waals surface area (Å²) in [5.41, 5.74) is 3.63. The van der Waals surface area contributed by atoms with E-state index in [2.05, 4.69) is 9.97 Å². The molecule has 0 saturated heterocycles. The Morgan fingerprint density at radius 2 is 2.12 bits per heavy atom. The fourth-order valence-corrected chi connectivity index (χ4v) is 3.36. The van der Waals surface area contributed by atoms with Gasteiger partial charge in [-0.3, -0.25) is 9.20 Å². The summed E-state index contributed by atoms with van der Waals surface area (Å²) in [6, 6.07) is 10.6. The molecule has 0 aliphatic rings. The molecule has 0 spiro atoms. The van der Waals surface area contributed by atoms with Crippen molar-refractivity contribution in [2.75, 3.05) is 0 Å². The van der Waals surface area contributed by atoms with Crippen LogP contribution in [0.3, 0.4) is 0 Å². The minimum absolute atomic E-state index is 0.0938. The second kappa shape index (κ2) is 5.96. The van der Waals surface area contributed by atoms with E-state index in [1.165, 1.54) is 11.8 Å². The van der Waals surface area contributed by atoms with Gasteiger partial charge in [0.2, 0.25) is 0 Å². The smallest absolute Gasteiger partial charge is 0.258 e. The third kappa shape index (κ3) is 2.79. The van der Waals surface area contributed by atoms with Crippen LogP contribution in [0.15, 0.2) is 57.0 Å². The summed E-state index contributed by atoms with van der Waals surface area (Å²) < 4.78 is 7.21. The van der Waals surface area contributed by atoms with Crippen molar-refractivity contribution in [3.8, 4) is 0 Å². The minimum atomic E-state index is -0.0938. The normalized spacial score (nSPS) is 11.4. The number of hydrogen-bond acceptors (Lipinski definition) is 5. The second-order valence-corrected chi connectivity index (χ2v) is 6.71. The van der Waals surface area contributed by atoms with Crippen LogP contribution in [0.2, 0.25) is 5.02 Å². The molecule has 0 N–H and O–H groups in total. The van der Waals surface area contributed by atoms with E-state index in [1.54, 1.807) is 34.9 Å². The van der Waals surface area contributed by atoms with E-state index in [0.29, 0.717) is 38.4 Å². The van der Waals surface area contributed by atoms with Gasteiger partial charge < -0.3 is 4.42 Å². The molecule has 7 heteroatoms. The summed E-state index contributed by atoms with van der Waals surface area (Å²) in [6.45, 7) is 1.93. The maximum absolute atomic E-state index is 12.2. The van der Waals surface area contributed by atoms with Crippen LogP contribution >= 0.6 is 23.4 Å². The molecule has 0 aliphatic heterocycles. The molecule has 24 heavy (non-hydrogen) atoms. The summed E-state index contributed by atoms with van der Waals surface area (Å²) in [7, 11) is 0. The molecule has 4 rings (SSSR count). The summed E-state index contributed by atoms with van der Waals surface area (Å²) in [5.74, 6) is 0.501. The number of oxazole rings is 1. The molecule has 0 unspecified atom stereocenters. The standard InChI is InChI=1S/C17H12ClN3O2S/c1-10-3-2-6-21-15(22)8-12(19-16(10)21)9-24-17-20-13-7-11(18)4-5-14(13)23-17/h2-8H,9H2,1H3. The number of halogens is 1. The molecule has 4 aromatic rings. The zero-order valence-electron chi connectivity index (χ0n) is 12.7. The van der Waals surface area contributed by atoms with Crippen LogP contribution in [0.5, 0.6) is 0 Å². The Hall–Kier alpha value is -2.31. The van der Waals surface area contributed by atoms with Crippen molar-refractivity contribution in [1.29, 1.82) is 0 Å². The number of nitrogens with zero attached hydrogens (tertiary/aromatic N) is 3. The van der Waals surface area contributed by atoms with E-state index < -0.39 is 0 Å². The average Bonchev–Trinajstić information content (AvgIpc) is 2.96. The van der Waals surface area contributed by atoms with E-state index in [4.69, 9.17) is 16.0 Å². The number of thioether (sulfide) groups is 1. The van der Waals surface area contributed by atoms with E-state index in [1.807, 2.05) is 19.1 Å². The number of fused-ring (bicyclic) bond motifs is 2. The van der Waals surface area contributed by atoms with E-state index in [0.717, 1.165) is 5.56 Å². The highest BCUT2D eigenvalue weighted by Crippen LogP contribution is 2.27. The maximum Gasteiger partial charge on any atom is 0.258 e. The van der Waals surface area contributed by atoms with Gasteiger partial charge in [0.25, 0.3) is 10.8 Å². The van der Waals surface area contributed by atoms with Crippen molar-refractivity contribution < 1.29 is 4.42 Å². The van der Waals surface area contributed by atoms with Gasteiger partial charge in [-0.25, -0.2) is 9.97 Å². The van der Waals surface area contributed by atoms with E-state index in [9.17, 15) is 4.79 Å². The second-order valence-electron chi connectivity index (χ2n) is 5.35. The fourth-order valence-electron chi connectivity index (χ4n) is 2.46. The Kier molecular flexibility index (Phi) is 3.78. The molecule has 1 aromatic carbocycles. The monoisotopic (exact) mass is 357 g/mol. The van der Waals surface area contributed by atoms with Gasteiger partial charge in [0, 0.05) is 23.0 Å². The summed E-state index contributed by atoms with van der Waals surface area (Å²) in [6.07, 6.45) is 1.72. The highest BCUT2D eigenvalue weighted by molar-refractivity contribution is 7.98. The first-order valence-electron chi connectivity index (χ1n) is 7.27. The zero-order chi connectivity index (χ0) is 16.7. The van der Waals surface area contributed by atoms with E-state index >= 15 is 0 Å². The van der Waals surface area contributed by atoms with Gasteiger partial charge in [-0.15, -0.1) is 0 Å². The number of rotatable bonds is 3. The average molecular weight is 358 g/mol. The van der Waals surface area contributed by atoms with Crippen molar-refractivity contribution >= 4 is 40.1 Å². The highest BCUT2D eigenvalue weighted by atomic mass is 35.5. The van der Waals surface area contributed by atoms with Crippen molar-refractivity contribution in [3.05, 3.63) is 69.2 Å². The topological polar surface area (TPSA) is 60.4 Å². The van der Waals surface area contributed by atoms with Crippen LogP contribution < -0.4 is 5.56 Å². The van der Waals surface area contributed by atoms with Crippen molar-refractivity contribution in [1.82, 2.24) is 14.4 Å². The molecule has 3 heterocycles. The van der Waals surface area contributed by atoms with Gasteiger partial charge in [-0.05, 0) is 36.8 Å². The first-order valence-corrected chi connectivity index (χ1v) is 8.63. The zero-order valence-corrected chi connectivity index (χ0v) is 14.3. The van der Waals surface area contributed by atoms with Crippen molar-refractivity contribution in [2.24, 2.45) is 0 Å². The largest absolute Gasteiger partial charge is 0.431 e. The van der Waals surface area contributed by atoms with Gasteiger partial charge in [-0.2, -0.15) is 0 Å². The molecule has 5 nitrogen and oxygen atoms in total. The molecule has 0 saturated carbocycles. The lowest BCUT2D eigenvalue weighted by Crippen LogP contribution is -2.15. The molecule has 0 amide bonds. The first kappa shape index (κ1) is 15.2. The van der Waals surface area contributed by atoms with Gasteiger partial charge >= 0.3 is 0 Å². The highest BCUT2D eigenvalue weighted by Gasteiger charge is 2.09. The van der Waals surface area contributed by atoms with Crippen molar-refractivity contribution in [3.63, 3.8) is 0 Å². The SMILES string of the molecule is Cc1cccn2c(=O)cc(CSc3nc4cc(Cl)ccc4o3)nc12. The summed E-state index contributed by atoms with van der Waals surface area (Å²) in [4.78, 5) is 21.2. The molecule has 0 fully saturated rings. The lowest BCUT2D eigenvalue weighted by Gasteiger charge is -2.05. The lowest BCUT2D eigenvalue weighted by atomic mass is 10.3. The predicted molar refractivity (Wildman–Crippen MR) is 94.8 cm³/mol. The van der Waals surface area contributed by atoms with E-state index in [-0.39, 0.29) is 5.56 Å². The number of aryl methyl sites for hydroxylation is 1. The maximum atomic E-state index is 12.2. The van der Waals surface area contributed by atoms with Crippen LogP contribution in [0.1, 0.15) is 11.3 Å². The molecule has 3 aromatic heterocycles. The number of pyridine rings is 1. The molecule has 0 aliphatic carbocycles. The molecular weight excluding hydrogens is 346 g/mol. The third-order valence-electron chi connectivity index (χ3n) is 3.61. The Balaban J connectivity index is 1.64. The Morgan fingerprint density at radius 1 is 1.25 bits per heavy atom. The molecule has 0 bridgehead atoms. The van der Waals surface area contributed by atoms with Gasteiger partial charge in [-0.1, -0.05) is 29.4 Å². The van der Waals surface area contributed by atoms with Crippen LogP contribution in [-0.4, -0.2) is 14.4 Å². The fraction of sp³-hybridized carbons (Fsp3) is 0.118. The quantitative estimate of drug-likeness (QED) is 0.517. The summed E-state index contributed by atoms with van der Waals surface area (Å²) >= 11 is 7.35. The Bertz CT molecular complexity index is 1120. The van der Waals surface area contributed by atoms with Crippen molar-refractivity contribution in [2.45, 2.75) is 17.9 Å². The van der Waals surface area contributed by atoms with Gasteiger partial charge in [0.15, 0.2) is 5.58 Å². The van der Waals surface area contributed by atoms with Gasteiger partial charge in [0.1, 0.15) is 11.2 Å². The Labute approximate surface area is 146 Å². The van der Waals surface area contributed by atoms with Crippen LogP contribution in [0.25, 0.3) is 16.7 Å². The minimum Gasteiger partial charge on any atom is -0.431 e. The number of benzene rings is 1. The Morgan fingerprint density at radius 3 is 3.00 bits per heavy atom. The first-order chi connectivity index (χ1) is 11.6. The van der Waals surface area contributed by atoms with Crippen LogP contribution in [0.4, 0.5) is 0 Å².